The summed E-state index contributed by atoms with van der Waals surface area (Å²) in [5.74, 6) is 0.563. The van der Waals surface area contributed by atoms with Gasteiger partial charge >= 0.3 is 0 Å². The fourth-order valence-corrected chi connectivity index (χ4v) is 2.48. The van der Waals surface area contributed by atoms with Gasteiger partial charge in [0.2, 0.25) is 0 Å². The Bertz CT molecular complexity index is 598. The van der Waals surface area contributed by atoms with Crippen LogP contribution in [0.3, 0.4) is 0 Å². The molecule has 0 radical (unpaired) electrons. The largest absolute Gasteiger partial charge is 0.428 e. The van der Waals surface area contributed by atoms with Crippen molar-refractivity contribution in [2.45, 2.75) is 32.9 Å². The lowest BCUT2D eigenvalue weighted by Crippen LogP contribution is -2.35. The number of ether oxygens (including phenoxy) is 1. The van der Waals surface area contributed by atoms with Gasteiger partial charge in [0.1, 0.15) is 10.8 Å². The molecule has 0 aliphatic carbocycles. The molecule has 0 fully saturated rings. The molecule has 1 aromatic heterocycles. The summed E-state index contributed by atoms with van der Waals surface area (Å²) in [6.07, 6.45) is 0. The molecule has 0 unspecified atom stereocenters. The van der Waals surface area contributed by atoms with Crippen molar-refractivity contribution in [3.63, 3.8) is 0 Å². The van der Waals surface area contributed by atoms with Gasteiger partial charge in [0.25, 0.3) is 5.19 Å². The van der Waals surface area contributed by atoms with Gasteiger partial charge in [-0.2, -0.15) is 0 Å². The molecule has 1 N–H and O–H groups in total. The summed E-state index contributed by atoms with van der Waals surface area (Å²) in [6.45, 7) is 6.98. The Morgan fingerprint density at radius 1 is 1.35 bits per heavy atom. The van der Waals surface area contributed by atoms with Crippen molar-refractivity contribution in [2.24, 2.45) is 0 Å². The lowest BCUT2D eigenvalue weighted by Gasteiger charge is -2.19. The van der Waals surface area contributed by atoms with Gasteiger partial charge < -0.3 is 10.1 Å². The summed E-state index contributed by atoms with van der Waals surface area (Å²) in [5.41, 5.74) is 0.0420. The van der Waals surface area contributed by atoms with Gasteiger partial charge in [-0.3, -0.25) is 0 Å². The van der Waals surface area contributed by atoms with Crippen molar-refractivity contribution in [3.05, 3.63) is 32.7 Å². The van der Waals surface area contributed by atoms with E-state index >= 15 is 0 Å². The van der Waals surface area contributed by atoms with Gasteiger partial charge in [-0.1, -0.05) is 44.0 Å². The quantitative estimate of drug-likeness (QED) is 0.845. The van der Waals surface area contributed by atoms with Crippen LogP contribution in [0.5, 0.6) is 10.9 Å². The summed E-state index contributed by atoms with van der Waals surface area (Å²) in [4.78, 5) is 0. The van der Waals surface area contributed by atoms with Crippen LogP contribution in [0.25, 0.3) is 0 Å². The van der Waals surface area contributed by atoms with Crippen LogP contribution in [0.4, 0.5) is 0 Å². The van der Waals surface area contributed by atoms with Gasteiger partial charge in [0.15, 0.2) is 0 Å². The molecule has 7 heteroatoms. The first-order chi connectivity index (χ1) is 9.33. The Labute approximate surface area is 135 Å². The van der Waals surface area contributed by atoms with E-state index in [4.69, 9.17) is 16.3 Å². The summed E-state index contributed by atoms with van der Waals surface area (Å²) >= 11 is 10.9. The maximum atomic E-state index is 6.07. The second kappa shape index (κ2) is 6.39. The van der Waals surface area contributed by atoms with Crippen LogP contribution in [0.15, 0.2) is 22.7 Å². The Balaban J connectivity index is 2.04. The minimum atomic E-state index is 0.0420. The maximum absolute atomic E-state index is 6.07. The predicted molar refractivity (Wildman–Crippen MR) is 85.7 cm³/mol. The molecule has 0 aliphatic rings. The zero-order valence-electron chi connectivity index (χ0n) is 11.4. The molecule has 108 valence electrons. The summed E-state index contributed by atoms with van der Waals surface area (Å²) in [7, 11) is 0. The molecule has 2 aromatic rings. The monoisotopic (exact) mass is 375 g/mol. The van der Waals surface area contributed by atoms with E-state index < -0.39 is 0 Å². The average Bonchev–Trinajstić information content (AvgIpc) is 2.78. The Hall–Kier alpha value is -0.690. The first kappa shape index (κ1) is 15.7. The van der Waals surface area contributed by atoms with Crippen molar-refractivity contribution >= 4 is 38.9 Å². The molecule has 0 amide bonds. The molecule has 0 aliphatic heterocycles. The van der Waals surface area contributed by atoms with E-state index in [-0.39, 0.29) is 5.54 Å². The fraction of sp³-hybridized carbons (Fsp3) is 0.385. The van der Waals surface area contributed by atoms with E-state index in [9.17, 15) is 0 Å². The molecule has 0 saturated carbocycles. The minimum Gasteiger partial charge on any atom is -0.428 e. The van der Waals surface area contributed by atoms with E-state index in [0.29, 0.717) is 22.5 Å². The highest BCUT2D eigenvalue weighted by atomic mass is 79.9. The normalized spacial score (nSPS) is 11.7. The van der Waals surface area contributed by atoms with Crippen LogP contribution >= 0.6 is 38.9 Å². The summed E-state index contributed by atoms with van der Waals surface area (Å²) in [6, 6.07) is 5.43. The van der Waals surface area contributed by atoms with Gasteiger partial charge in [-0.05, 0) is 39.0 Å². The second-order valence-electron chi connectivity index (χ2n) is 5.24. The molecule has 0 atom stereocenters. The molecule has 1 heterocycles. The molecule has 0 bridgehead atoms. The smallest absolute Gasteiger partial charge is 0.299 e. The number of benzene rings is 1. The Morgan fingerprint density at radius 3 is 2.80 bits per heavy atom. The highest BCUT2D eigenvalue weighted by Gasteiger charge is 2.13. The fourth-order valence-electron chi connectivity index (χ4n) is 1.34. The van der Waals surface area contributed by atoms with Crippen LogP contribution in [-0.4, -0.2) is 15.7 Å². The number of halogens is 2. The van der Waals surface area contributed by atoms with Crippen molar-refractivity contribution in [1.29, 1.82) is 0 Å². The zero-order chi connectivity index (χ0) is 14.8. The van der Waals surface area contributed by atoms with Crippen molar-refractivity contribution < 1.29 is 4.74 Å². The number of aromatic nitrogens is 2. The van der Waals surface area contributed by atoms with E-state index in [1.807, 2.05) is 6.07 Å². The third kappa shape index (κ3) is 4.70. The third-order valence-electron chi connectivity index (χ3n) is 2.31. The van der Waals surface area contributed by atoms with Gasteiger partial charge in [0.05, 0.1) is 11.6 Å². The SMILES string of the molecule is CC(C)(C)NCc1nnc(Oc2cc(Br)ccc2Cl)s1. The second-order valence-corrected chi connectivity index (χ2v) is 7.59. The lowest BCUT2D eigenvalue weighted by molar-refractivity contribution is 0.423. The molecule has 4 nitrogen and oxygen atoms in total. The lowest BCUT2D eigenvalue weighted by atomic mass is 10.1. The molecular formula is C13H15BrClN3OS. The minimum absolute atomic E-state index is 0.0420. The van der Waals surface area contributed by atoms with Gasteiger partial charge in [-0.15, -0.1) is 5.10 Å². The predicted octanol–water partition coefficient (Wildman–Crippen LogP) is 4.63. The number of hydrogen-bond donors (Lipinski definition) is 1. The molecule has 1 aromatic carbocycles. The third-order valence-corrected chi connectivity index (χ3v) is 3.92. The van der Waals surface area contributed by atoms with Crippen molar-refractivity contribution in [2.75, 3.05) is 0 Å². The number of hydrogen-bond acceptors (Lipinski definition) is 5. The maximum Gasteiger partial charge on any atom is 0.299 e. The van der Waals surface area contributed by atoms with E-state index in [0.717, 1.165) is 9.48 Å². The van der Waals surface area contributed by atoms with Gasteiger partial charge in [0, 0.05) is 10.0 Å². The molecule has 2 rings (SSSR count). The summed E-state index contributed by atoms with van der Waals surface area (Å²) in [5, 5.41) is 13.4. The van der Waals surface area contributed by atoms with Crippen LogP contribution in [-0.2, 0) is 6.54 Å². The van der Waals surface area contributed by atoms with E-state index in [2.05, 4.69) is 52.2 Å². The molecule has 0 spiro atoms. The standard InChI is InChI=1S/C13H15BrClN3OS/c1-13(2,3)16-7-11-17-18-12(20-11)19-10-6-8(14)4-5-9(10)15/h4-6,16H,7H2,1-3H3. The van der Waals surface area contributed by atoms with E-state index in [1.54, 1.807) is 12.1 Å². The van der Waals surface area contributed by atoms with E-state index in [1.165, 1.54) is 11.3 Å². The zero-order valence-corrected chi connectivity index (χ0v) is 14.6. The first-order valence-corrected chi connectivity index (χ1v) is 8.02. The highest BCUT2D eigenvalue weighted by molar-refractivity contribution is 9.10. The van der Waals surface area contributed by atoms with Crippen LogP contribution in [0.2, 0.25) is 5.02 Å². The molecular weight excluding hydrogens is 362 g/mol. The summed E-state index contributed by atoms with van der Waals surface area (Å²) < 4.78 is 6.56. The first-order valence-electron chi connectivity index (χ1n) is 6.04. The van der Waals surface area contributed by atoms with Crippen molar-refractivity contribution in [3.8, 4) is 10.9 Å². The highest BCUT2D eigenvalue weighted by Crippen LogP contribution is 2.33. The van der Waals surface area contributed by atoms with Crippen molar-refractivity contribution in [1.82, 2.24) is 15.5 Å². The van der Waals surface area contributed by atoms with Crippen LogP contribution < -0.4 is 10.1 Å². The number of rotatable bonds is 4. The Morgan fingerprint density at radius 2 is 2.10 bits per heavy atom. The average molecular weight is 377 g/mol. The van der Waals surface area contributed by atoms with Crippen LogP contribution in [0, 0.1) is 0 Å². The van der Waals surface area contributed by atoms with Gasteiger partial charge in [-0.25, -0.2) is 0 Å². The molecule has 20 heavy (non-hydrogen) atoms. The topological polar surface area (TPSA) is 47.0 Å². The Kier molecular flexibility index (Phi) is 5.01. The van der Waals surface area contributed by atoms with Crippen LogP contribution in [0.1, 0.15) is 25.8 Å². The molecule has 0 saturated heterocycles. The number of nitrogens with one attached hydrogen (secondary N) is 1. The number of nitrogens with zero attached hydrogens (tertiary/aromatic N) is 2.